The smallest absolute Gasteiger partial charge is 0.407 e. The molecule has 100 valence electrons. The van der Waals surface area contributed by atoms with Crippen LogP contribution in [0.25, 0.3) is 0 Å². The highest BCUT2D eigenvalue weighted by molar-refractivity contribution is 7.99. The molecule has 6 heteroatoms. The lowest BCUT2D eigenvalue weighted by molar-refractivity contribution is 0.127. The molecule has 1 aliphatic rings. The van der Waals surface area contributed by atoms with Gasteiger partial charge in [0, 0.05) is 25.9 Å². The highest BCUT2D eigenvalue weighted by Gasteiger charge is 2.22. The summed E-state index contributed by atoms with van der Waals surface area (Å²) in [5.41, 5.74) is 1.04. The molecule has 0 atom stereocenters. The predicted molar refractivity (Wildman–Crippen MR) is 71.0 cm³/mol. The fourth-order valence-electron chi connectivity index (χ4n) is 2.22. The molecule has 2 rings (SSSR count). The van der Waals surface area contributed by atoms with Gasteiger partial charge in [0.2, 0.25) is 0 Å². The number of aromatic nitrogens is 2. The molecule has 1 amide bonds. The molecule has 0 bridgehead atoms. The van der Waals surface area contributed by atoms with Crippen LogP contribution in [0.5, 0.6) is 0 Å². The van der Waals surface area contributed by atoms with Gasteiger partial charge in [0.15, 0.2) is 0 Å². The molecule has 18 heavy (non-hydrogen) atoms. The third-order valence-corrected chi connectivity index (χ3v) is 4.63. The van der Waals surface area contributed by atoms with Crippen molar-refractivity contribution in [2.75, 3.05) is 18.8 Å². The molecule has 0 spiro atoms. The summed E-state index contributed by atoms with van der Waals surface area (Å²) < 4.78 is 1.91. The van der Waals surface area contributed by atoms with Gasteiger partial charge in [-0.1, -0.05) is 0 Å². The molecule has 1 aromatic rings. The van der Waals surface area contributed by atoms with E-state index in [9.17, 15) is 4.79 Å². The number of likely N-dealkylation sites (tertiary alicyclic amines) is 1. The van der Waals surface area contributed by atoms with E-state index in [2.05, 4.69) is 11.2 Å². The zero-order valence-electron chi connectivity index (χ0n) is 10.8. The van der Waals surface area contributed by atoms with Crippen LogP contribution in [0.3, 0.4) is 0 Å². The summed E-state index contributed by atoms with van der Waals surface area (Å²) in [5.74, 6) is 1.66. The average Bonchev–Trinajstić information content (AvgIpc) is 2.66. The first-order valence-corrected chi connectivity index (χ1v) is 7.16. The Morgan fingerprint density at radius 3 is 2.72 bits per heavy atom. The second-order valence-electron chi connectivity index (χ2n) is 4.77. The van der Waals surface area contributed by atoms with Gasteiger partial charge < -0.3 is 10.0 Å². The summed E-state index contributed by atoms with van der Waals surface area (Å²) in [6.45, 7) is 3.34. The van der Waals surface area contributed by atoms with Crippen LogP contribution in [-0.4, -0.2) is 44.7 Å². The van der Waals surface area contributed by atoms with Gasteiger partial charge in [-0.05, 0) is 31.7 Å². The SMILES string of the molecule is Cc1cc(SCC2CCN(C(=O)O)CC2)n(C)n1. The minimum absolute atomic E-state index is 0.612. The number of nitrogens with zero attached hydrogens (tertiary/aromatic N) is 3. The van der Waals surface area contributed by atoms with Gasteiger partial charge in [0.1, 0.15) is 0 Å². The first-order valence-electron chi connectivity index (χ1n) is 6.17. The predicted octanol–water partition coefficient (Wildman–Crippen LogP) is 2.21. The van der Waals surface area contributed by atoms with Crippen LogP contribution in [-0.2, 0) is 7.05 Å². The van der Waals surface area contributed by atoms with Gasteiger partial charge in [-0.2, -0.15) is 5.10 Å². The van der Waals surface area contributed by atoms with Crippen molar-refractivity contribution in [3.63, 3.8) is 0 Å². The highest BCUT2D eigenvalue weighted by Crippen LogP contribution is 2.26. The second-order valence-corrected chi connectivity index (χ2v) is 5.81. The maximum Gasteiger partial charge on any atom is 0.407 e. The topological polar surface area (TPSA) is 58.4 Å². The molecule has 0 unspecified atom stereocenters. The Balaban J connectivity index is 1.79. The summed E-state index contributed by atoms with van der Waals surface area (Å²) in [6.07, 6.45) is 1.15. The van der Waals surface area contributed by atoms with Crippen molar-refractivity contribution in [1.29, 1.82) is 0 Å². The van der Waals surface area contributed by atoms with Crippen molar-refractivity contribution in [3.05, 3.63) is 11.8 Å². The Labute approximate surface area is 111 Å². The van der Waals surface area contributed by atoms with Crippen LogP contribution < -0.4 is 0 Å². The summed E-state index contributed by atoms with van der Waals surface area (Å²) in [4.78, 5) is 12.3. The average molecular weight is 269 g/mol. The fourth-order valence-corrected chi connectivity index (χ4v) is 3.44. The van der Waals surface area contributed by atoms with Crippen LogP contribution in [0.4, 0.5) is 4.79 Å². The Kier molecular flexibility index (Phi) is 4.16. The molecule has 2 heterocycles. The van der Waals surface area contributed by atoms with Crippen LogP contribution >= 0.6 is 11.8 Å². The van der Waals surface area contributed by atoms with Gasteiger partial charge in [-0.25, -0.2) is 4.79 Å². The van der Waals surface area contributed by atoms with E-state index in [1.807, 2.05) is 30.4 Å². The molecular weight excluding hydrogens is 250 g/mol. The van der Waals surface area contributed by atoms with E-state index in [-0.39, 0.29) is 0 Å². The molecule has 5 nitrogen and oxygen atoms in total. The first-order chi connectivity index (χ1) is 8.56. The molecule has 1 aromatic heterocycles. The van der Waals surface area contributed by atoms with Gasteiger partial charge in [0.25, 0.3) is 0 Å². The van der Waals surface area contributed by atoms with Crippen LogP contribution in [0.2, 0.25) is 0 Å². The zero-order valence-corrected chi connectivity index (χ0v) is 11.6. The number of thioether (sulfide) groups is 1. The Morgan fingerprint density at radius 1 is 1.56 bits per heavy atom. The van der Waals surface area contributed by atoms with Gasteiger partial charge in [-0.3, -0.25) is 4.68 Å². The molecule has 0 radical (unpaired) electrons. The number of piperidine rings is 1. The first kappa shape index (κ1) is 13.3. The zero-order chi connectivity index (χ0) is 13.1. The van der Waals surface area contributed by atoms with Crippen molar-refractivity contribution in [2.24, 2.45) is 13.0 Å². The maximum absolute atomic E-state index is 10.8. The highest BCUT2D eigenvalue weighted by atomic mass is 32.2. The summed E-state index contributed by atoms with van der Waals surface area (Å²) >= 11 is 1.82. The molecule has 0 aromatic carbocycles. The minimum Gasteiger partial charge on any atom is -0.465 e. The van der Waals surface area contributed by atoms with Crippen molar-refractivity contribution >= 4 is 17.9 Å². The van der Waals surface area contributed by atoms with Gasteiger partial charge >= 0.3 is 6.09 Å². The molecule has 1 fully saturated rings. The number of amides is 1. The Bertz CT molecular complexity index is 425. The van der Waals surface area contributed by atoms with E-state index < -0.39 is 6.09 Å². The number of carboxylic acid groups (broad SMARTS) is 1. The summed E-state index contributed by atoms with van der Waals surface area (Å²) in [5, 5.41) is 14.4. The lowest BCUT2D eigenvalue weighted by atomic mass is 9.99. The molecule has 1 N–H and O–H groups in total. The minimum atomic E-state index is -0.789. The van der Waals surface area contributed by atoms with Crippen LogP contribution in [0, 0.1) is 12.8 Å². The molecular formula is C12H19N3O2S. The summed E-state index contributed by atoms with van der Waals surface area (Å²) in [6, 6.07) is 2.09. The Hall–Kier alpha value is -1.17. The van der Waals surface area contributed by atoms with Crippen LogP contribution in [0.15, 0.2) is 11.1 Å². The van der Waals surface area contributed by atoms with Crippen LogP contribution in [0.1, 0.15) is 18.5 Å². The van der Waals surface area contributed by atoms with Crippen molar-refractivity contribution in [1.82, 2.24) is 14.7 Å². The number of hydrogen-bond acceptors (Lipinski definition) is 3. The van der Waals surface area contributed by atoms with E-state index >= 15 is 0 Å². The lowest BCUT2D eigenvalue weighted by Gasteiger charge is -2.29. The number of hydrogen-bond donors (Lipinski definition) is 1. The van der Waals surface area contributed by atoms with E-state index in [1.54, 1.807) is 0 Å². The number of carbonyl (C=O) groups is 1. The monoisotopic (exact) mass is 269 g/mol. The number of rotatable bonds is 3. The van der Waals surface area contributed by atoms with Gasteiger partial charge in [-0.15, -0.1) is 11.8 Å². The second kappa shape index (κ2) is 5.65. The van der Waals surface area contributed by atoms with E-state index in [4.69, 9.17) is 5.11 Å². The summed E-state index contributed by atoms with van der Waals surface area (Å²) in [7, 11) is 1.96. The standard InChI is InChI=1S/C12H19N3O2S/c1-9-7-11(14(2)13-9)18-8-10-3-5-15(6-4-10)12(16)17/h7,10H,3-6,8H2,1-2H3,(H,16,17). The van der Waals surface area contributed by atoms with Gasteiger partial charge in [0.05, 0.1) is 10.7 Å². The van der Waals surface area contributed by atoms with E-state index in [0.29, 0.717) is 19.0 Å². The molecule has 1 aliphatic heterocycles. The fraction of sp³-hybridized carbons (Fsp3) is 0.667. The largest absolute Gasteiger partial charge is 0.465 e. The van der Waals surface area contributed by atoms with E-state index in [0.717, 1.165) is 24.3 Å². The lowest BCUT2D eigenvalue weighted by Crippen LogP contribution is -2.37. The normalized spacial score (nSPS) is 17.1. The third-order valence-electron chi connectivity index (χ3n) is 3.31. The quantitative estimate of drug-likeness (QED) is 0.855. The number of aryl methyl sites for hydroxylation is 2. The maximum atomic E-state index is 10.8. The molecule has 1 saturated heterocycles. The van der Waals surface area contributed by atoms with E-state index in [1.165, 1.54) is 9.93 Å². The van der Waals surface area contributed by atoms with Crippen molar-refractivity contribution < 1.29 is 9.90 Å². The molecule has 0 aliphatic carbocycles. The van der Waals surface area contributed by atoms with Crippen molar-refractivity contribution in [3.8, 4) is 0 Å². The third kappa shape index (κ3) is 3.19. The molecule has 0 saturated carbocycles. The Morgan fingerprint density at radius 2 is 2.22 bits per heavy atom. The van der Waals surface area contributed by atoms with Crippen molar-refractivity contribution in [2.45, 2.75) is 24.8 Å².